The van der Waals surface area contributed by atoms with Crippen molar-refractivity contribution >= 4 is 64.1 Å². The van der Waals surface area contributed by atoms with E-state index < -0.39 is 0 Å². The van der Waals surface area contributed by atoms with Crippen LogP contribution < -0.4 is 15.5 Å². The number of benzene rings is 2. The minimum Gasteiger partial charge on any atom is -0.378 e. The zero-order valence-corrected chi connectivity index (χ0v) is 19.3. The van der Waals surface area contributed by atoms with Crippen molar-refractivity contribution in [2.75, 3.05) is 47.6 Å². The van der Waals surface area contributed by atoms with Gasteiger partial charge in [0.2, 0.25) is 17.8 Å². The van der Waals surface area contributed by atoms with Gasteiger partial charge in [-0.2, -0.15) is 15.0 Å². The Kier molecular flexibility index (Phi) is 7.64. The third-order valence-corrected chi connectivity index (χ3v) is 5.69. The van der Waals surface area contributed by atoms with Gasteiger partial charge in [0.1, 0.15) is 0 Å². The number of morpholine rings is 1. The quantitative estimate of drug-likeness (QED) is 0.468. The van der Waals surface area contributed by atoms with Gasteiger partial charge in [-0.15, -0.1) is 0 Å². The average molecular weight is 491 g/mol. The van der Waals surface area contributed by atoms with E-state index in [1.54, 1.807) is 18.2 Å². The summed E-state index contributed by atoms with van der Waals surface area (Å²) in [4.78, 5) is 28.1. The lowest BCUT2D eigenvalue weighted by Gasteiger charge is -2.27. The van der Waals surface area contributed by atoms with Crippen LogP contribution in [0.25, 0.3) is 0 Å². The van der Waals surface area contributed by atoms with E-state index in [2.05, 4.69) is 25.6 Å². The predicted octanol–water partition coefficient (Wildman–Crippen LogP) is 4.49. The molecule has 0 saturated carbocycles. The molecule has 8 nitrogen and oxygen atoms in total. The molecule has 1 aliphatic heterocycles. The van der Waals surface area contributed by atoms with Crippen molar-refractivity contribution in [2.24, 2.45) is 0 Å². The Morgan fingerprint density at radius 1 is 1.00 bits per heavy atom. The van der Waals surface area contributed by atoms with E-state index in [1.165, 1.54) is 11.8 Å². The van der Waals surface area contributed by atoms with E-state index in [0.29, 0.717) is 59.1 Å². The van der Waals surface area contributed by atoms with Crippen molar-refractivity contribution in [1.82, 2.24) is 15.0 Å². The van der Waals surface area contributed by atoms with E-state index in [-0.39, 0.29) is 11.7 Å². The topological polar surface area (TPSA) is 92.3 Å². The van der Waals surface area contributed by atoms with Crippen LogP contribution in [0.15, 0.2) is 53.7 Å². The van der Waals surface area contributed by atoms with Gasteiger partial charge in [0.25, 0.3) is 0 Å². The standard InChI is InChI=1S/C21H20Cl2N6O2S/c22-14-10-15(23)12-17(11-14)24-18(30)13-32-21-27-19(25-16-4-2-1-3-5-16)26-20(28-21)29-6-8-31-9-7-29/h1-5,10-12H,6-9,13H2,(H,24,30)(H,25,26,27,28). The second-order valence-corrected chi connectivity index (χ2v) is 8.64. The van der Waals surface area contributed by atoms with Crippen molar-refractivity contribution in [1.29, 1.82) is 0 Å². The molecular weight excluding hydrogens is 471 g/mol. The first-order valence-electron chi connectivity index (χ1n) is 9.85. The number of nitrogens with zero attached hydrogens (tertiary/aromatic N) is 4. The van der Waals surface area contributed by atoms with Crippen LogP contribution >= 0.6 is 35.0 Å². The fourth-order valence-electron chi connectivity index (χ4n) is 2.97. The molecule has 1 aromatic heterocycles. The predicted molar refractivity (Wildman–Crippen MR) is 128 cm³/mol. The van der Waals surface area contributed by atoms with E-state index >= 15 is 0 Å². The molecule has 2 N–H and O–H groups in total. The monoisotopic (exact) mass is 490 g/mol. The number of carbonyl (C=O) groups is 1. The SMILES string of the molecule is O=C(CSc1nc(Nc2ccccc2)nc(N2CCOCC2)n1)Nc1cc(Cl)cc(Cl)c1. The van der Waals surface area contributed by atoms with Crippen molar-refractivity contribution in [2.45, 2.75) is 5.16 Å². The van der Waals surface area contributed by atoms with Crippen LogP contribution in [-0.4, -0.2) is 52.9 Å². The number of anilines is 4. The number of carbonyl (C=O) groups excluding carboxylic acids is 1. The maximum absolute atomic E-state index is 12.4. The van der Waals surface area contributed by atoms with E-state index in [1.807, 2.05) is 35.2 Å². The molecule has 0 radical (unpaired) electrons. The first-order valence-corrected chi connectivity index (χ1v) is 11.6. The summed E-state index contributed by atoms with van der Waals surface area (Å²) >= 11 is 13.2. The molecule has 11 heteroatoms. The third-order valence-electron chi connectivity index (χ3n) is 4.41. The molecule has 166 valence electrons. The largest absolute Gasteiger partial charge is 0.378 e. The molecule has 1 aliphatic rings. The minimum absolute atomic E-state index is 0.113. The minimum atomic E-state index is -0.223. The van der Waals surface area contributed by atoms with Crippen molar-refractivity contribution in [3.63, 3.8) is 0 Å². The summed E-state index contributed by atoms with van der Waals surface area (Å²) in [5.74, 6) is 0.851. The first-order chi connectivity index (χ1) is 15.5. The second-order valence-electron chi connectivity index (χ2n) is 6.83. The molecule has 0 aliphatic carbocycles. The lowest BCUT2D eigenvalue weighted by molar-refractivity contribution is -0.113. The zero-order chi connectivity index (χ0) is 22.3. The zero-order valence-electron chi connectivity index (χ0n) is 16.9. The van der Waals surface area contributed by atoms with E-state index in [9.17, 15) is 4.79 Å². The Balaban J connectivity index is 1.48. The molecule has 1 saturated heterocycles. The average Bonchev–Trinajstić information content (AvgIpc) is 2.78. The molecule has 4 rings (SSSR count). The first kappa shape index (κ1) is 22.6. The summed E-state index contributed by atoms with van der Waals surface area (Å²) in [6.07, 6.45) is 0. The van der Waals surface area contributed by atoms with Crippen LogP contribution in [0.2, 0.25) is 10.0 Å². The Morgan fingerprint density at radius 2 is 1.72 bits per heavy atom. The molecule has 2 heterocycles. The summed E-state index contributed by atoms with van der Waals surface area (Å²) < 4.78 is 5.42. The fraction of sp³-hybridized carbons (Fsp3) is 0.238. The van der Waals surface area contributed by atoms with Crippen LogP contribution in [0.3, 0.4) is 0 Å². The van der Waals surface area contributed by atoms with Gasteiger partial charge in [-0.05, 0) is 30.3 Å². The van der Waals surface area contributed by atoms with Gasteiger partial charge in [0.15, 0.2) is 5.16 Å². The summed E-state index contributed by atoms with van der Waals surface area (Å²) in [5, 5.41) is 7.33. The number of hydrogen-bond acceptors (Lipinski definition) is 8. The highest BCUT2D eigenvalue weighted by molar-refractivity contribution is 7.99. The second kappa shape index (κ2) is 10.8. The molecule has 0 atom stereocenters. The van der Waals surface area contributed by atoms with Crippen LogP contribution in [0.1, 0.15) is 0 Å². The van der Waals surface area contributed by atoms with Gasteiger partial charge < -0.3 is 20.3 Å². The van der Waals surface area contributed by atoms with Crippen LogP contribution in [0.4, 0.5) is 23.3 Å². The molecule has 32 heavy (non-hydrogen) atoms. The van der Waals surface area contributed by atoms with Crippen molar-refractivity contribution in [3.8, 4) is 0 Å². The van der Waals surface area contributed by atoms with Gasteiger partial charge in [0, 0.05) is 34.5 Å². The fourth-order valence-corrected chi connectivity index (χ4v) is 4.13. The number of thioether (sulfide) groups is 1. The third kappa shape index (κ3) is 6.46. The molecule has 1 fully saturated rings. The lowest BCUT2D eigenvalue weighted by atomic mass is 10.3. The summed E-state index contributed by atoms with van der Waals surface area (Å²) in [6.45, 7) is 2.60. The number of halogens is 2. The van der Waals surface area contributed by atoms with Crippen LogP contribution in [0, 0.1) is 0 Å². The number of aromatic nitrogens is 3. The maximum atomic E-state index is 12.4. The summed E-state index contributed by atoms with van der Waals surface area (Å²) in [7, 11) is 0. The van der Waals surface area contributed by atoms with E-state index in [4.69, 9.17) is 27.9 Å². The van der Waals surface area contributed by atoms with E-state index in [0.717, 1.165) is 5.69 Å². The van der Waals surface area contributed by atoms with Gasteiger partial charge in [-0.3, -0.25) is 4.79 Å². The Hall–Kier alpha value is -2.59. The maximum Gasteiger partial charge on any atom is 0.234 e. The Bertz CT molecular complexity index is 1060. The molecular formula is C21H20Cl2N6O2S. The number of para-hydroxylation sites is 1. The smallest absolute Gasteiger partial charge is 0.234 e. The molecule has 0 bridgehead atoms. The highest BCUT2D eigenvalue weighted by Gasteiger charge is 2.17. The lowest BCUT2D eigenvalue weighted by Crippen LogP contribution is -2.37. The van der Waals surface area contributed by atoms with Crippen LogP contribution in [-0.2, 0) is 9.53 Å². The number of rotatable bonds is 7. The number of nitrogens with one attached hydrogen (secondary N) is 2. The highest BCUT2D eigenvalue weighted by atomic mass is 35.5. The van der Waals surface area contributed by atoms with Crippen molar-refractivity contribution in [3.05, 3.63) is 58.6 Å². The summed E-state index contributed by atoms with van der Waals surface area (Å²) in [5.41, 5.74) is 1.39. The summed E-state index contributed by atoms with van der Waals surface area (Å²) in [6, 6.07) is 14.5. The number of hydrogen-bond donors (Lipinski definition) is 2. The Morgan fingerprint density at radius 3 is 2.44 bits per heavy atom. The Labute approximate surface area is 199 Å². The van der Waals surface area contributed by atoms with Gasteiger partial charge in [-0.25, -0.2) is 0 Å². The van der Waals surface area contributed by atoms with Crippen molar-refractivity contribution < 1.29 is 9.53 Å². The molecule has 0 spiro atoms. The van der Waals surface area contributed by atoms with Crippen LogP contribution in [0.5, 0.6) is 0 Å². The number of ether oxygens (including phenoxy) is 1. The highest BCUT2D eigenvalue weighted by Crippen LogP contribution is 2.24. The molecule has 2 aromatic carbocycles. The normalized spacial score (nSPS) is 13.6. The number of amides is 1. The molecule has 1 amide bonds. The van der Waals surface area contributed by atoms with Gasteiger partial charge in [-0.1, -0.05) is 53.2 Å². The molecule has 3 aromatic rings. The van der Waals surface area contributed by atoms with Gasteiger partial charge >= 0.3 is 0 Å². The van der Waals surface area contributed by atoms with Gasteiger partial charge in [0.05, 0.1) is 19.0 Å². The molecule has 0 unspecified atom stereocenters.